The molecule has 32 heavy (non-hydrogen) atoms. The van der Waals surface area contributed by atoms with Gasteiger partial charge < -0.3 is 9.80 Å². The van der Waals surface area contributed by atoms with Gasteiger partial charge in [-0.1, -0.05) is 6.07 Å². The Kier molecular flexibility index (Phi) is 6.45. The van der Waals surface area contributed by atoms with Gasteiger partial charge in [-0.2, -0.15) is 0 Å². The molecule has 7 nitrogen and oxygen atoms in total. The number of nitrogens with one attached hydrogen (secondary N) is 1. The summed E-state index contributed by atoms with van der Waals surface area (Å²) >= 11 is 0. The molecule has 0 atom stereocenters. The minimum atomic E-state index is -3.89. The number of nitrogens with zero attached hydrogens (tertiary/aromatic N) is 2. The van der Waals surface area contributed by atoms with Crippen LogP contribution >= 0.6 is 0 Å². The van der Waals surface area contributed by atoms with E-state index in [4.69, 9.17) is 0 Å². The Morgan fingerprint density at radius 2 is 1.69 bits per heavy atom. The van der Waals surface area contributed by atoms with E-state index in [0.717, 1.165) is 44.0 Å². The number of benzene rings is 2. The summed E-state index contributed by atoms with van der Waals surface area (Å²) < 4.78 is 41.1. The molecule has 9 heteroatoms. The number of amides is 2. The molecule has 2 aliphatic rings. The number of anilines is 2. The molecule has 1 N–H and O–H groups in total. The van der Waals surface area contributed by atoms with Crippen LogP contribution in [0.2, 0.25) is 0 Å². The van der Waals surface area contributed by atoms with E-state index < -0.39 is 15.8 Å². The Labute approximate surface area is 187 Å². The number of hydrogen-bond donors (Lipinski definition) is 1. The van der Waals surface area contributed by atoms with Gasteiger partial charge in [0.25, 0.3) is 10.0 Å². The van der Waals surface area contributed by atoms with Crippen molar-refractivity contribution in [1.29, 1.82) is 0 Å². The van der Waals surface area contributed by atoms with Crippen molar-refractivity contribution >= 4 is 33.2 Å². The maximum Gasteiger partial charge on any atom is 0.261 e. The lowest BCUT2D eigenvalue weighted by atomic mass is 10.1. The Hall–Kier alpha value is -2.94. The van der Waals surface area contributed by atoms with Crippen LogP contribution in [0.25, 0.3) is 0 Å². The summed E-state index contributed by atoms with van der Waals surface area (Å²) in [6, 6.07) is 9.84. The zero-order valence-corrected chi connectivity index (χ0v) is 18.5. The Balaban J connectivity index is 1.41. The van der Waals surface area contributed by atoms with Crippen molar-refractivity contribution in [2.24, 2.45) is 0 Å². The fraction of sp³-hybridized carbons (Fsp3) is 0.391. The van der Waals surface area contributed by atoms with Crippen molar-refractivity contribution < 1.29 is 22.4 Å². The Morgan fingerprint density at radius 1 is 0.938 bits per heavy atom. The minimum absolute atomic E-state index is 0.0161. The first-order valence-corrected chi connectivity index (χ1v) is 12.3. The van der Waals surface area contributed by atoms with E-state index >= 15 is 0 Å². The zero-order chi connectivity index (χ0) is 22.7. The normalized spacial score (nSPS) is 16.0. The van der Waals surface area contributed by atoms with Gasteiger partial charge >= 0.3 is 0 Å². The standard InChI is InChI=1S/C23H26FN3O4S/c24-18-5-4-6-19(16-18)25-32(30,31)20-7-8-21-17(15-20)11-14-27(21)23(29)10-9-22(28)26-12-2-1-3-13-26/h4-8,15-16,25H,1-3,9-14H2. The molecule has 1 saturated heterocycles. The number of carbonyl (C=O) groups is 2. The number of fused-ring (bicyclic) bond motifs is 1. The van der Waals surface area contributed by atoms with Crippen molar-refractivity contribution in [2.75, 3.05) is 29.3 Å². The Bertz CT molecular complexity index is 1130. The number of rotatable bonds is 6. The number of halogens is 1. The summed E-state index contributed by atoms with van der Waals surface area (Å²) in [5, 5.41) is 0. The van der Waals surface area contributed by atoms with E-state index in [0.29, 0.717) is 18.7 Å². The van der Waals surface area contributed by atoms with Crippen LogP contribution in [0.5, 0.6) is 0 Å². The lowest BCUT2D eigenvalue weighted by molar-refractivity contribution is -0.133. The second kappa shape index (κ2) is 9.28. The maximum absolute atomic E-state index is 13.4. The summed E-state index contributed by atoms with van der Waals surface area (Å²) in [4.78, 5) is 28.6. The summed E-state index contributed by atoms with van der Waals surface area (Å²) in [5.41, 5.74) is 1.56. The van der Waals surface area contributed by atoms with E-state index in [1.165, 1.54) is 24.3 Å². The van der Waals surface area contributed by atoms with Gasteiger partial charge in [0.1, 0.15) is 5.82 Å². The van der Waals surface area contributed by atoms with Gasteiger partial charge in [-0.3, -0.25) is 14.3 Å². The van der Waals surface area contributed by atoms with Crippen LogP contribution in [0.1, 0.15) is 37.7 Å². The predicted octanol–water partition coefficient (Wildman–Crippen LogP) is 3.31. The molecule has 0 spiro atoms. The van der Waals surface area contributed by atoms with Crippen molar-refractivity contribution in [1.82, 2.24) is 4.90 Å². The van der Waals surface area contributed by atoms with Crippen LogP contribution in [0.3, 0.4) is 0 Å². The van der Waals surface area contributed by atoms with Crippen LogP contribution in [-0.2, 0) is 26.0 Å². The molecule has 4 rings (SSSR count). The second-order valence-electron chi connectivity index (χ2n) is 8.14. The van der Waals surface area contributed by atoms with Gasteiger partial charge in [-0.05, 0) is 67.6 Å². The van der Waals surface area contributed by atoms with Gasteiger partial charge in [0, 0.05) is 38.2 Å². The van der Waals surface area contributed by atoms with Gasteiger partial charge in [0.2, 0.25) is 11.8 Å². The smallest absolute Gasteiger partial charge is 0.261 e. The molecule has 2 amide bonds. The van der Waals surface area contributed by atoms with Crippen LogP contribution in [0.15, 0.2) is 47.4 Å². The van der Waals surface area contributed by atoms with Gasteiger partial charge in [-0.25, -0.2) is 12.8 Å². The highest BCUT2D eigenvalue weighted by atomic mass is 32.2. The third-order valence-corrected chi connectivity index (χ3v) is 7.28. The molecule has 2 heterocycles. The maximum atomic E-state index is 13.4. The first-order chi connectivity index (χ1) is 15.3. The van der Waals surface area contributed by atoms with Crippen LogP contribution in [0.4, 0.5) is 15.8 Å². The van der Waals surface area contributed by atoms with E-state index in [2.05, 4.69) is 4.72 Å². The third-order valence-electron chi connectivity index (χ3n) is 5.90. The number of piperidine rings is 1. The monoisotopic (exact) mass is 459 g/mol. The number of hydrogen-bond acceptors (Lipinski definition) is 4. The quantitative estimate of drug-likeness (QED) is 0.718. The lowest BCUT2D eigenvalue weighted by Gasteiger charge is -2.27. The zero-order valence-electron chi connectivity index (χ0n) is 17.7. The van der Waals surface area contributed by atoms with E-state index in [-0.39, 0.29) is 35.2 Å². The van der Waals surface area contributed by atoms with Crippen molar-refractivity contribution in [3.63, 3.8) is 0 Å². The molecule has 0 saturated carbocycles. The average molecular weight is 460 g/mol. The Morgan fingerprint density at radius 3 is 2.44 bits per heavy atom. The highest BCUT2D eigenvalue weighted by Gasteiger charge is 2.27. The lowest BCUT2D eigenvalue weighted by Crippen LogP contribution is -2.37. The molecule has 0 bridgehead atoms. The number of carbonyl (C=O) groups excluding carboxylic acids is 2. The van der Waals surface area contributed by atoms with Crippen molar-refractivity contribution in [2.45, 2.75) is 43.4 Å². The largest absolute Gasteiger partial charge is 0.343 e. The first kappa shape index (κ1) is 22.3. The molecular formula is C23H26FN3O4S. The van der Waals surface area contributed by atoms with E-state index in [1.807, 2.05) is 4.90 Å². The summed E-state index contributed by atoms with van der Waals surface area (Å²) in [5.74, 6) is -0.656. The molecule has 0 radical (unpaired) electrons. The van der Waals surface area contributed by atoms with Gasteiger partial charge in [-0.15, -0.1) is 0 Å². The van der Waals surface area contributed by atoms with Crippen molar-refractivity contribution in [3.8, 4) is 0 Å². The highest BCUT2D eigenvalue weighted by molar-refractivity contribution is 7.92. The minimum Gasteiger partial charge on any atom is -0.343 e. The number of likely N-dealkylation sites (tertiary alicyclic amines) is 1. The summed E-state index contributed by atoms with van der Waals surface area (Å²) in [7, 11) is -3.89. The van der Waals surface area contributed by atoms with Crippen molar-refractivity contribution in [3.05, 3.63) is 53.8 Å². The summed E-state index contributed by atoms with van der Waals surface area (Å²) in [6.45, 7) is 1.98. The molecule has 0 aliphatic carbocycles. The molecular weight excluding hydrogens is 433 g/mol. The summed E-state index contributed by atoms with van der Waals surface area (Å²) in [6.07, 6.45) is 4.02. The second-order valence-corrected chi connectivity index (χ2v) is 9.83. The highest BCUT2D eigenvalue weighted by Crippen LogP contribution is 2.31. The third kappa shape index (κ3) is 4.93. The topological polar surface area (TPSA) is 86.8 Å². The fourth-order valence-corrected chi connectivity index (χ4v) is 5.32. The van der Waals surface area contributed by atoms with E-state index in [1.54, 1.807) is 17.0 Å². The predicted molar refractivity (Wildman–Crippen MR) is 119 cm³/mol. The van der Waals surface area contributed by atoms with Gasteiger partial charge in [0.15, 0.2) is 0 Å². The fourth-order valence-electron chi connectivity index (χ4n) is 4.22. The van der Waals surface area contributed by atoms with Gasteiger partial charge in [0.05, 0.1) is 10.6 Å². The molecule has 2 aromatic rings. The SMILES string of the molecule is O=C(CCC(=O)N1CCc2cc(S(=O)(=O)Nc3cccc(F)c3)ccc21)N1CCCCC1. The molecule has 170 valence electrons. The molecule has 2 aromatic carbocycles. The van der Waals surface area contributed by atoms with Crippen LogP contribution < -0.4 is 9.62 Å². The van der Waals surface area contributed by atoms with Crippen LogP contribution in [-0.4, -0.2) is 44.8 Å². The number of sulfonamides is 1. The van der Waals surface area contributed by atoms with E-state index in [9.17, 15) is 22.4 Å². The first-order valence-electron chi connectivity index (χ1n) is 10.8. The molecule has 0 unspecified atom stereocenters. The van der Waals surface area contributed by atoms with Crippen LogP contribution in [0, 0.1) is 5.82 Å². The average Bonchev–Trinajstić information content (AvgIpc) is 3.21. The molecule has 0 aromatic heterocycles. The molecule has 1 fully saturated rings. The molecule has 2 aliphatic heterocycles.